The second kappa shape index (κ2) is 5.62. The number of rotatable bonds is 4. The Balaban J connectivity index is 2.30. The number of hydrogen-bond acceptors (Lipinski definition) is 5. The van der Waals surface area contributed by atoms with E-state index in [9.17, 15) is 0 Å². The van der Waals surface area contributed by atoms with Gasteiger partial charge in [-0.3, -0.25) is 4.40 Å². The van der Waals surface area contributed by atoms with Gasteiger partial charge >= 0.3 is 0 Å². The van der Waals surface area contributed by atoms with Crippen LogP contribution in [0.5, 0.6) is 11.5 Å². The largest absolute Gasteiger partial charge is 0.497 e. The quantitative estimate of drug-likeness (QED) is 0.803. The van der Waals surface area contributed by atoms with Gasteiger partial charge in [0.25, 0.3) is 0 Å². The molecule has 2 heterocycles. The van der Waals surface area contributed by atoms with Gasteiger partial charge in [-0.25, -0.2) is 4.98 Å². The molecule has 0 aliphatic heterocycles. The average Bonchev–Trinajstić information content (AvgIpc) is 3.03. The van der Waals surface area contributed by atoms with E-state index in [1.165, 1.54) is 10.6 Å². The minimum atomic E-state index is 0.411. The first-order valence-corrected chi connectivity index (χ1v) is 7.82. The van der Waals surface area contributed by atoms with Crippen LogP contribution in [-0.2, 0) is 6.54 Å². The molecule has 0 spiro atoms. The van der Waals surface area contributed by atoms with Gasteiger partial charge in [0.2, 0.25) is 0 Å². The van der Waals surface area contributed by atoms with Crippen molar-refractivity contribution >= 4 is 16.3 Å². The van der Waals surface area contributed by atoms with Gasteiger partial charge in [0.15, 0.2) is 4.96 Å². The summed E-state index contributed by atoms with van der Waals surface area (Å²) in [5, 5.41) is 0. The van der Waals surface area contributed by atoms with E-state index in [4.69, 9.17) is 20.2 Å². The molecular formula is C16H19N3O2S. The highest BCUT2D eigenvalue weighted by molar-refractivity contribution is 7.17. The highest BCUT2D eigenvalue weighted by Gasteiger charge is 2.20. The molecular weight excluding hydrogens is 298 g/mol. The number of methoxy groups -OCH3 is 2. The summed E-state index contributed by atoms with van der Waals surface area (Å²) in [5.41, 5.74) is 9.93. The topological polar surface area (TPSA) is 61.8 Å². The average molecular weight is 317 g/mol. The molecule has 0 amide bonds. The van der Waals surface area contributed by atoms with Crippen LogP contribution in [0.25, 0.3) is 16.2 Å². The van der Waals surface area contributed by atoms with Crippen molar-refractivity contribution in [3.63, 3.8) is 0 Å². The van der Waals surface area contributed by atoms with Crippen molar-refractivity contribution < 1.29 is 9.47 Å². The van der Waals surface area contributed by atoms with E-state index in [0.717, 1.165) is 33.4 Å². The number of imidazole rings is 1. The smallest absolute Gasteiger partial charge is 0.194 e. The van der Waals surface area contributed by atoms with Gasteiger partial charge in [0.1, 0.15) is 11.5 Å². The maximum absolute atomic E-state index is 6.01. The maximum atomic E-state index is 6.01. The molecule has 0 saturated heterocycles. The normalized spacial score (nSPS) is 11.1. The number of ether oxygens (including phenoxy) is 2. The van der Waals surface area contributed by atoms with E-state index in [-0.39, 0.29) is 0 Å². The third kappa shape index (κ3) is 2.15. The first-order chi connectivity index (χ1) is 10.6. The Labute approximate surface area is 133 Å². The summed E-state index contributed by atoms with van der Waals surface area (Å²) in [6.45, 7) is 4.60. The molecule has 0 saturated carbocycles. The fourth-order valence-electron chi connectivity index (χ4n) is 2.62. The van der Waals surface area contributed by atoms with E-state index in [0.29, 0.717) is 6.54 Å². The summed E-state index contributed by atoms with van der Waals surface area (Å²) < 4.78 is 12.9. The minimum Gasteiger partial charge on any atom is -0.497 e. The highest BCUT2D eigenvalue weighted by Crippen LogP contribution is 2.37. The Morgan fingerprint density at radius 3 is 2.64 bits per heavy atom. The van der Waals surface area contributed by atoms with Crippen molar-refractivity contribution in [3.8, 4) is 22.8 Å². The van der Waals surface area contributed by atoms with Gasteiger partial charge in [0.05, 0.1) is 25.6 Å². The van der Waals surface area contributed by atoms with E-state index in [2.05, 4.69) is 18.2 Å². The molecule has 0 aliphatic carbocycles. The fraction of sp³-hybridized carbons (Fsp3) is 0.312. The summed E-state index contributed by atoms with van der Waals surface area (Å²) in [4.78, 5) is 6.99. The first kappa shape index (κ1) is 14.9. The molecule has 1 aromatic carbocycles. The molecule has 116 valence electrons. The summed E-state index contributed by atoms with van der Waals surface area (Å²) in [5.74, 6) is 1.53. The van der Waals surface area contributed by atoms with Crippen LogP contribution in [0.1, 0.15) is 16.3 Å². The number of nitrogens with zero attached hydrogens (tertiary/aromatic N) is 2. The lowest BCUT2D eigenvalue weighted by Crippen LogP contribution is -2.04. The number of fused-ring (bicyclic) bond motifs is 1. The van der Waals surface area contributed by atoms with Crippen molar-refractivity contribution in [2.75, 3.05) is 14.2 Å². The van der Waals surface area contributed by atoms with Crippen molar-refractivity contribution in [3.05, 3.63) is 34.5 Å². The molecule has 5 nitrogen and oxygen atoms in total. The zero-order valence-electron chi connectivity index (χ0n) is 13.1. The van der Waals surface area contributed by atoms with Gasteiger partial charge in [-0.15, -0.1) is 11.3 Å². The van der Waals surface area contributed by atoms with Crippen molar-refractivity contribution in [2.45, 2.75) is 20.4 Å². The molecule has 0 unspecified atom stereocenters. The van der Waals surface area contributed by atoms with E-state index >= 15 is 0 Å². The van der Waals surface area contributed by atoms with Gasteiger partial charge in [-0.1, -0.05) is 0 Å². The van der Waals surface area contributed by atoms with Crippen LogP contribution in [0.3, 0.4) is 0 Å². The SMILES string of the molecule is COc1ccc(OC)c(-c2nc3sc(C)c(C)n3c2CN)c1. The zero-order chi connectivity index (χ0) is 15.9. The molecule has 3 aromatic rings. The molecule has 0 radical (unpaired) electrons. The molecule has 2 N–H and O–H groups in total. The molecule has 6 heteroatoms. The molecule has 3 rings (SSSR count). The van der Waals surface area contributed by atoms with Gasteiger partial charge in [-0.2, -0.15) is 0 Å². The first-order valence-electron chi connectivity index (χ1n) is 7.00. The number of aromatic nitrogens is 2. The van der Waals surface area contributed by atoms with Crippen LogP contribution in [0.15, 0.2) is 18.2 Å². The van der Waals surface area contributed by atoms with Gasteiger partial charge < -0.3 is 15.2 Å². The standard InChI is InChI=1S/C16H19N3O2S/c1-9-10(2)22-16-18-15(13(8-17)19(9)16)12-7-11(20-3)5-6-14(12)21-4/h5-7H,8,17H2,1-4H3. The van der Waals surface area contributed by atoms with Crippen LogP contribution in [0.2, 0.25) is 0 Å². The molecule has 0 atom stereocenters. The highest BCUT2D eigenvalue weighted by atomic mass is 32.1. The molecule has 22 heavy (non-hydrogen) atoms. The monoisotopic (exact) mass is 317 g/mol. The second-order valence-corrected chi connectivity index (χ2v) is 6.22. The summed E-state index contributed by atoms with van der Waals surface area (Å²) in [6, 6.07) is 5.70. The Morgan fingerprint density at radius 2 is 2.00 bits per heavy atom. The zero-order valence-corrected chi connectivity index (χ0v) is 14.0. The predicted octanol–water partition coefficient (Wildman–Crippen LogP) is 3.16. The Bertz CT molecular complexity index is 836. The second-order valence-electron chi connectivity index (χ2n) is 5.04. The minimum absolute atomic E-state index is 0.411. The summed E-state index contributed by atoms with van der Waals surface area (Å²) in [7, 11) is 3.30. The fourth-order valence-corrected chi connectivity index (χ4v) is 3.61. The van der Waals surface area contributed by atoms with Gasteiger partial charge in [0, 0.05) is 22.7 Å². The summed E-state index contributed by atoms with van der Waals surface area (Å²) >= 11 is 1.67. The lowest BCUT2D eigenvalue weighted by molar-refractivity contribution is 0.404. The third-order valence-electron chi connectivity index (χ3n) is 3.89. The van der Waals surface area contributed by atoms with Crippen LogP contribution < -0.4 is 15.2 Å². The Morgan fingerprint density at radius 1 is 1.23 bits per heavy atom. The van der Waals surface area contributed by atoms with Crippen LogP contribution >= 0.6 is 11.3 Å². The van der Waals surface area contributed by atoms with Crippen molar-refractivity contribution in [1.82, 2.24) is 9.38 Å². The summed E-state index contributed by atoms with van der Waals surface area (Å²) in [6.07, 6.45) is 0. The van der Waals surface area contributed by atoms with E-state index in [1.54, 1.807) is 25.6 Å². The molecule has 0 aliphatic rings. The lowest BCUT2D eigenvalue weighted by Gasteiger charge is -2.10. The Hall–Kier alpha value is -2.05. The van der Waals surface area contributed by atoms with Crippen molar-refractivity contribution in [2.24, 2.45) is 5.73 Å². The van der Waals surface area contributed by atoms with E-state index < -0.39 is 0 Å². The predicted molar refractivity (Wildman–Crippen MR) is 89.0 cm³/mol. The van der Waals surface area contributed by atoms with Crippen LogP contribution in [0, 0.1) is 13.8 Å². The third-order valence-corrected chi connectivity index (χ3v) is 4.94. The molecule has 2 aromatic heterocycles. The number of benzene rings is 1. The molecule has 0 bridgehead atoms. The van der Waals surface area contributed by atoms with E-state index in [1.807, 2.05) is 18.2 Å². The van der Waals surface area contributed by atoms with Crippen molar-refractivity contribution in [1.29, 1.82) is 0 Å². The van der Waals surface area contributed by atoms with Gasteiger partial charge in [-0.05, 0) is 32.0 Å². The van der Waals surface area contributed by atoms with Crippen LogP contribution in [0.4, 0.5) is 0 Å². The lowest BCUT2D eigenvalue weighted by atomic mass is 10.1. The number of hydrogen-bond donors (Lipinski definition) is 1. The number of thiazole rings is 1. The molecule has 0 fully saturated rings. The maximum Gasteiger partial charge on any atom is 0.194 e. The number of nitrogens with two attached hydrogens (primary N) is 1. The Kier molecular flexibility index (Phi) is 3.80. The number of aryl methyl sites for hydroxylation is 2. The van der Waals surface area contributed by atoms with Crippen LogP contribution in [-0.4, -0.2) is 23.6 Å².